The molecule has 0 aliphatic carbocycles. The van der Waals surface area contributed by atoms with Crippen LogP contribution < -0.4 is 10.5 Å². The summed E-state index contributed by atoms with van der Waals surface area (Å²) in [7, 11) is 0. The Kier molecular flexibility index (Phi) is 5.09. The van der Waals surface area contributed by atoms with Crippen LogP contribution in [0.4, 0.5) is 10.2 Å². The van der Waals surface area contributed by atoms with Crippen molar-refractivity contribution in [1.29, 1.82) is 0 Å². The molecule has 7 heteroatoms. The summed E-state index contributed by atoms with van der Waals surface area (Å²) in [5, 5.41) is 9.67. The van der Waals surface area contributed by atoms with Gasteiger partial charge in [0.05, 0.1) is 16.9 Å². The molecule has 0 spiro atoms. The number of benzene rings is 2. The van der Waals surface area contributed by atoms with E-state index in [4.69, 9.17) is 10.2 Å². The second-order valence-corrected chi connectivity index (χ2v) is 7.97. The second kappa shape index (κ2) is 8.07. The summed E-state index contributed by atoms with van der Waals surface area (Å²) in [5.74, 6) is 0.696. The van der Waals surface area contributed by atoms with Crippen molar-refractivity contribution in [1.82, 2.24) is 19.6 Å². The molecule has 1 aliphatic rings. The Bertz CT molecular complexity index is 1340. The highest BCUT2D eigenvalue weighted by Crippen LogP contribution is 2.40. The van der Waals surface area contributed by atoms with Gasteiger partial charge < -0.3 is 4.90 Å². The summed E-state index contributed by atoms with van der Waals surface area (Å²) in [6.45, 7) is 6.64. The number of hydrogen-bond acceptors (Lipinski definition) is 4. The normalized spacial score (nSPS) is 13.3. The molecule has 1 aliphatic heterocycles. The van der Waals surface area contributed by atoms with Gasteiger partial charge in [-0.05, 0) is 62.2 Å². The van der Waals surface area contributed by atoms with Crippen molar-refractivity contribution in [2.75, 3.05) is 18.0 Å². The molecule has 0 atom stereocenters. The van der Waals surface area contributed by atoms with Gasteiger partial charge in [-0.1, -0.05) is 18.2 Å². The summed E-state index contributed by atoms with van der Waals surface area (Å²) in [6, 6.07) is 17.3. The molecule has 0 fully saturated rings. The number of hydrogen-bond donors (Lipinski definition) is 0. The third-order valence-corrected chi connectivity index (χ3v) is 5.92. The molecule has 5 rings (SSSR count). The van der Waals surface area contributed by atoms with Gasteiger partial charge in [-0.2, -0.15) is 14.9 Å². The molecule has 3 heterocycles. The van der Waals surface area contributed by atoms with Crippen LogP contribution in [-0.4, -0.2) is 32.7 Å². The number of aromatic nitrogens is 4. The third-order valence-electron chi connectivity index (χ3n) is 5.92. The van der Waals surface area contributed by atoms with Crippen LogP contribution in [0.3, 0.4) is 0 Å². The minimum absolute atomic E-state index is 0.195. The molecular weight excluding hydrogens is 405 g/mol. The molecule has 0 saturated heterocycles. The monoisotopic (exact) mass is 429 g/mol. The predicted molar refractivity (Wildman–Crippen MR) is 124 cm³/mol. The van der Waals surface area contributed by atoms with Gasteiger partial charge in [0.15, 0.2) is 0 Å². The molecule has 2 aromatic heterocycles. The van der Waals surface area contributed by atoms with E-state index in [0.29, 0.717) is 5.69 Å². The van der Waals surface area contributed by atoms with E-state index < -0.39 is 0 Å². The molecule has 32 heavy (non-hydrogen) atoms. The molecule has 4 aromatic rings. The van der Waals surface area contributed by atoms with E-state index in [1.807, 2.05) is 35.9 Å². The van der Waals surface area contributed by atoms with E-state index in [0.717, 1.165) is 59.9 Å². The Labute approximate surface area is 185 Å². The van der Waals surface area contributed by atoms with Crippen molar-refractivity contribution >= 4 is 5.82 Å². The van der Waals surface area contributed by atoms with E-state index in [2.05, 4.69) is 11.8 Å². The Hall–Kier alpha value is -3.74. The van der Waals surface area contributed by atoms with Gasteiger partial charge in [-0.25, -0.2) is 9.07 Å². The van der Waals surface area contributed by atoms with Crippen molar-refractivity contribution in [3.63, 3.8) is 0 Å². The Balaban J connectivity index is 1.77. The van der Waals surface area contributed by atoms with Crippen LogP contribution in [0.1, 0.15) is 18.9 Å². The number of fused-ring (bicyclic) bond motifs is 1. The summed E-state index contributed by atoms with van der Waals surface area (Å²) in [4.78, 5) is 15.0. The molecule has 162 valence electrons. The summed E-state index contributed by atoms with van der Waals surface area (Å²) < 4.78 is 17.1. The number of halogens is 1. The van der Waals surface area contributed by atoms with Gasteiger partial charge in [0, 0.05) is 31.3 Å². The van der Waals surface area contributed by atoms with E-state index >= 15 is 0 Å². The third kappa shape index (κ3) is 3.39. The van der Waals surface area contributed by atoms with Gasteiger partial charge >= 0.3 is 0 Å². The standard InChI is InChI=1S/C25H24FN5O/c1-3-29-15-6-16-30-25(29)23(24(28-30)18-9-11-19(26)12-10-18)20-13-14-22(32)31(27-20)21-8-5-4-7-17(21)2/h4-5,7-14H,3,6,15-16H2,1-2H3. The van der Waals surface area contributed by atoms with Crippen LogP contribution in [-0.2, 0) is 6.54 Å². The number of rotatable bonds is 4. The van der Waals surface area contributed by atoms with E-state index in [9.17, 15) is 9.18 Å². The topological polar surface area (TPSA) is 56.0 Å². The first-order chi connectivity index (χ1) is 15.6. The van der Waals surface area contributed by atoms with Gasteiger partial charge in [-0.15, -0.1) is 0 Å². The highest BCUT2D eigenvalue weighted by atomic mass is 19.1. The van der Waals surface area contributed by atoms with Gasteiger partial charge in [0.2, 0.25) is 0 Å². The number of nitrogens with zero attached hydrogens (tertiary/aromatic N) is 5. The average Bonchev–Trinajstić information content (AvgIpc) is 3.20. The highest BCUT2D eigenvalue weighted by Gasteiger charge is 2.28. The van der Waals surface area contributed by atoms with E-state index in [1.165, 1.54) is 16.8 Å². The highest BCUT2D eigenvalue weighted by molar-refractivity contribution is 5.88. The summed E-state index contributed by atoms with van der Waals surface area (Å²) in [6.07, 6.45) is 1.00. The lowest BCUT2D eigenvalue weighted by molar-refractivity contribution is 0.523. The maximum atomic E-state index is 13.6. The fourth-order valence-electron chi connectivity index (χ4n) is 4.32. The number of anilines is 1. The Morgan fingerprint density at radius 2 is 1.75 bits per heavy atom. The zero-order valence-electron chi connectivity index (χ0n) is 18.1. The first kappa shape index (κ1) is 20.2. The van der Waals surface area contributed by atoms with Crippen LogP contribution >= 0.6 is 0 Å². The first-order valence-electron chi connectivity index (χ1n) is 10.8. The summed E-state index contributed by atoms with van der Waals surface area (Å²) in [5.41, 5.74) is 4.59. The zero-order valence-corrected chi connectivity index (χ0v) is 18.1. The van der Waals surface area contributed by atoms with Crippen molar-refractivity contribution in [3.05, 3.63) is 82.4 Å². The van der Waals surface area contributed by atoms with Gasteiger partial charge in [0.1, 0.15) is 17.3 Å². The second-order valence-electron chi connectivity index (χ2n) is 7.97. The molecule has 2 aromatic carbocycles. The fourth-order valence-corrected chi connectivity index (χ4v) is 4.32. The minimum Gasteiger partial charge on any atom is -0.356 e. The molecule has 0 unspecified atom stereocenters. The molecule has 6 nitrogen and oxygen atoms in total. The Morgan fingerprint density at radius 3 is 2.50 bits per heavy atom. The lowest BCUT2D eigenvalue weighted by atomic mass is 10.0. The molecule has 0 bridgehead atoms. The number of aryl methyl sites for hydroxylation is 2. The van der Waals surface area contributed by atoms with Crippen molar-refractivity contribution in [3.8, 4) is 28.2 Å². The number of para-hydroxylation sites is 1. The van der Waals surface area contributed by atoms with Crippen LogP contribution in [0.15, 0.2) is 65.5 Å². The molecule has 0 amide bonds. The fraction of sp³-hybridized carbons (Fsp3) is 0.240. The smallest absolute Gasteiger partial charge is 0.271 e. The van der Waals surface area contributed by atoms with Gasteiger partial charge in [-0.3, -0.25) is 4.79 Å². The van der Waals surface area contributed by atoms with Crippen LogP contribution in [0, 0.1) is 12.7 Å². The van der Waals surface area contributed by atoms with Gasteiger partial charge in [0.25, 0.3) is 5.56 Å². The summed E-state index contributed by atoms with van der Waals surface area (Å²) >= 11 is 0. The molecular formula is C25H24FN5O. The molecule has 0 saturated carbocycles. The lowest BCUT2D eigenvalue weighted by Crippen LogP contribution is -2.32. The van der Waals surface area contributed by atoms with Crippen LogP contribution in [0.5, 0.6) is 0 Å². The van der Waals surface area contributed by atoms with Crippen molar-refractivity contribution < 1.29 is 4.39 Å². The largest absolute Gasteiger partial charge is 0.356 e. The SMILES string of the molecule is CCN1CCCn2nc(-c3ccc(F)cc3)c(-c3ccc(=O)n(-c4ccccc4C)n3)c21. The Morgan fingerprint density at radius 1 is 0.969 bits per heavy atom. The lowest BCUT2D eigenvalue weighted by Gasteiger charge is -2.29. The zero-order chi connectivity index (χ0) is 22.2. The predicted octanol–water partition coefficient (Wildman–Crippen LogP) is 4.44. The average molecular weight is 429 g/mol. The van der Waals surface area contributed by atoms with E-state index in [1.54, 1.807) is 24.3 Å². The van der Waals surface area contributed by atoms with Crippen molar-refractivity contribution in [2.24, 2.45) is 0 Å². The molecule has 0 radical (unpaired) electrons. The van der Waals surface area contributed by atoms with Crippen LogP contribution in [0.25, 0.3) is 28.2 Å². The van der Waals surface area contributed by atoms with Crippen LogP contribution in [0.2, 0.25) is 0 Å². The first-order valence-corrected chi connectivity index (χ1v) is 10.8. The molecule has 0 N–H and O–H groups in total. The maximum absolute atomic E-state index is 13.6. The van der Waals surface area contributed by atoms with Crippen molar-refractivity contribution in [2.45, 2.75) is 26.8 Å². The quantitative estimate of drug-likeness (QED) is 0.481. The van der Waals surface area contributed by atoms with E-state index in [-0.39, 0.29) is 11.4 Å². The minimum atomic E-state index is -0.291. The maximum Gasteiger partial charge on any atom is 0.271 e.